The van der Waals surface area contributed by atoms with E-state index in [0.29, 0.717) is 24.5 Å². The molecule has 0 aliphatic carbocycles. The second kappa shape index (κ2) is 12.0. The zero-order chi connectivity index (χ0) is 23.8. The van der Waals surface area contributed by atoms with Gasteiger partial charge in [0.25, 0.3) is 5.91 Å². The first-order valence-corrected chi connectivity index (χ1v) is 11.6. The van der Waals surface area contributed by atoms with Crippen molar-refractivity contribution in [1.29, 1.82) is 0 Å². The molecule has 2 aliphatic rings. The Bertz CT molecular complexity index is 983. The van der Waals surface area contributed by atoms with Crippen LogP contribution in [0.15, 0.2) is 36.7 Å². The van der Waals surface area contributed by atoms with Gasteiger partial charge in [0, 0.05) is 44.8 Å². The Kier molecular flexibility index (Phi) is 8.51. The number of carbonyl (C=O) groups excluding carboxylic acids is 1. The first kappa shape index (κ1) is 24.2. The number of amides is 1. The number of rotatable bonds is 9. The monoisotopic (exact) mass is 473 g/mol. The number of hydrogen-bond acceptors (Lipinski definition) is 7. The molecule has 2 fully saturated rings. The van der Waals surface area contributed by atoms with Crippen LogP contribution in [0.4, 0.5) is 14.6 Å². The molecule has 0 saturated carbocycles. The van der Waals surface area contributed by atoms with Gasteiger partial charge in [-0.25, -0.2) is 24.1 Å². The Morgan fingerprint density at radius 3 is 2.88 bits per heavy atom. The summed E-state index contributed by atoms with van der Waals surface area (Å²) in [6.07, 6.45) is 10.1. The van der Waals surface area contributed by atoms with Crippen LogP contribution < -0.4 is 10.8 Å². The number of ether oxygens (including phenoxy) is 1. The van der Waals surface area contributed by atoms with E-state index in [1.165, 1.54) is 18.2 Å². The summed E-state index contributed by atoms with van der Waals surface area (Å²) >= 11 is 0. The van der Waals surface area contributed by atoms with Gasteiger partial charge >= 0.3 is 0 Å². The van der Waals surface area contributed by atoms with Gasteiger partial charge in [0.1, 0.15) is 5.82 Å². The van der Waals surface area contributed by atoms with Crippen molar-refractivity contribution in [3.63, 3.8) is 0 Å². The first-order valence-electron chi connectivity index (χ1n) is 11.6. The molecule has 1 aromatic carbocycles. The molecule has 2 saturated heterocycles. The minimum Gasteiger partial charge on any atom is -0.365 e. The molecule has 0 spiro atoms. The third-order valence-electron chi connectivity index (χ3n) is 5.83. The Labute approximate surface area is 197 Å². The predicted octanol–water partition coefficient (Wildman–Crippen LogP) is 3.07. The standard InChI is InChI=1S/C24H29F2N5O3/c25-20-6-4-17(13-21(20)26)8-10-31-11-9-19(16-31)29-22-15-27-18(14-28-22)5-7-23(32)30-34-24-3-1-2-12-33-24/h4-7,13-15,19,24H,1-3,8-12,16H2,(H,28,29)(H,30,32)/t19-,24?/m1/s1. The molecule has 2 N–H and O–H groups in total. The van der Waals surface area contributed by atoms with Crippen LogP contribution in [0.5, 0.6) is 0 Å². The molecule has 2 aliphatic heterocycles. The summed E-state index contributed by atoms with van der Waals surface area (Å²) < 4.78 is 31.8. The Balaban J connectivity index is 1.17. The number of benzene rings is 1. The minimum atomic E-state index is -0.821. The molecule has 0 radical (unpaired) electrons. The van der Waals surface area contributed by atoms with E-state index in [1.807, 2.05) is 0 Å². The van der Waals surface area contributed by atoms with Gasteiger partial charge in [-0.1, -0.05) is 6.07 Å². The van der Waals surface area contributed by atoms with E-state index in [-0.39, 0.29) is 6.04 Å². The molecule has 1 amide bonds. The lowest BCUT2D eigenvalue weighted by molar-refractivity contribution is -0.198. The van der Waals surface area contributed by atoms with Gasteiger partial charge in [-0.2, -0.15) is 0 Å². The highest BCUT2D eigenvalue weighted by Crippen LogP contribution is 2.16. The summed E-state index contributed by atoms with van der Waals surface area (Å²) in [6.45, 7) is 3.16. The molecular formula is C24H29F2N5O3. The van der Waals surface area contributed by atoms with E-state index in [2.05, 4.69) is 25.7 Å². The second-order valence-electron chi connectivity index (χ2n) is 8.47. The van der Waals surface area contributed by atoms with Gasteiger partial charge < -0.3 is 15.0 Å². The number of anilines is 1. The summed E-state index contributed by atoms with van der Waals surface area (Å²) in [7, 11) is 0. The maximum atomic E-state index is 13.4. The molecule has 3 heterocycles. The number of nitrogens with one attached hydrogen (secondary N) is 2. The fourth-order valence-electron chi connectivity index (χ4n) is 3.97. The number of carbonyl (C=O) groups is 1. The summed E-state index contributed by atoms with van der Waals surface area (Å²) in [5, 5.41) is 3.37. The van der Waals surface area contributed by atoms with E-state index in [9.17, 15) is 13.6 Å². The molecule has 10 heteroatoms. The van der Waals surface area contributed by atoms with Crippen LogP contribution in [0.25, 0.3) is 6.08 Å². The number of halogens is 2. The lowest BCUT2D eigenvalue weighted by atomic mass is 10.1. The quantitative estimate of drug-likeness (QED) is 0.427. The normalized spacial score (nSPS) is 21.1. The van der Waals surface area contributed by atoms with Gasteiger partial charge in [-0.15, -0.1) is 0 Å². The molecule has 4 rings (SSSR count). The molecule has 34 heavy (non-hydrogen) atoms. The van der Waals surface area contributed by atoms with Crippen molar-refractivity contribution < 1.29 is 23.1 Å². The van der Waals surface area contributed by atoms with Crippen molar-refractivity contribution in [3.8, 4) is 0 Å². The van der Waals surface area contributed by atoms with Crippen molar-refractivity contribution in [2.45, 2.75) is 44.4 Å². The van der Waals surface area contributed by atoms with Crippen LogP contribution in [0.3, 0.4) is 0 Å². The number of aromatic nitrogens is 2. The number of hydrogen-bond donors (Lipinski definition) is 2. The highest BCUT2D eigenvalue weighted by atomic mass is 19.2. The molecule has 182 valence electrons. The average molecular weight is 474 g/mol. The largest absolute Gasteiger partial charge is 0.365 e. The van der Waals surface area contributed by atoms with Crippen LogP contribution >= 0.6 is 0 Å². The van der Waals surface area contributed by atoms with E-state index < -0.39 is 23.8 Å². The molecule has 0 bridgehead atoms. The van der Waals surface area contributed by atoms with Crippen molar-refractivity contribution in [3.05, 3.63) is 59.6 Å². The molecule has 8 nitrogen and oxygen atoms in total. The Hall–Kier alpha value is -2.95. The van der Waals surface area contributed by atoms with Crippen LogP contribution in [-0.4, -0.2) is 59.3 Å². The van der Waals surface area contributed by atoms with Gasteiger partial charge in [0.05, 0.1) is 18.1 Å². The maximum absolute atomic E-state index is 13.4. The zero-order valence-electron chi connectivity index (χ0n) is 18.9. The van der Waals surface area contributed by atoms with Crippen LogP contribution in [-0.2, 0) is 20.8 Å². The molecule has 1 aromatic heterocycles. The minimum absolute atomic E-state index is 0.227. The highest BCUT2D eigenvalue weighted by Gasteiger charge is 2.22. The fourth-order valence-corrected chi connectivity index (χ4v) is 3.97. The fraction of sp³-hybridized carbons (Fsp3) is 0.458. The van der Waals surface area contributed by atoms with Crippen LogP contribution in [0.2, 0.25) is 0 Å². The van der Waals surface area contributed by atoms with Gasteiger partial charge in [-0.05, 0) is 49.5 Å². The van der Waals surface area contributed by atoms with Crippen molar-refractivity contribution >= 4 is 17.8 Å². The van der Waals surface area contributed by atoms with E-state index in [1.54, 1.807) is 24.5 Å². The van der Waals surface area contributed by atoms with Gasteiger partial charge in [0.15, 0.2) is 17.9 Å². The third-order valence-corrected chi connectivity index (χ3v) is 5.83. The maximum Gasteiger partial charge on any atom is 0.267 e. The number of hydroxylamine groups is 1. The number of nitrogens with zero attached hydrogens (tertiary/aromatic N) is 3. The molecule has 1 unspecified atom stereocenters. The Morgan fingerprint density at radius 2 is 2.12 bits per heavy atom. The van der Waals surface area contributed by atoms with E-state index in [4.69, 9.17) is 9.57 Å². The predicted molar refractivity (Wildman–Crippen MR) is 122 cm³/mol. The average Bonchev–Trinajstić information content (AvgIpc) is 3.31. The van der Waals surface area contributed by atoms with E-state index in [0.717, 1.165) is 50.9 Å². The Morgan fingerprint density at radius 1 is 1.21 bits per heavy atom. The van der Waals surface area contributed by atoms with E-state index >= 15 is 0 Å². The third kappa shape index (κ3) is 7.28. The summed E-state index contributed by atoms with van der Waals surface area (Å²) in [5.74, 6) is -1.36. The zero-order valence-corrected chi connectivity index (χ0v) is 18.9. The van der Waals surface area contributed by atoms with Crippen molar-refractivity contribution in [2.24, 2.45) is 0 Å². The van der Waals surface area contributed by atoms with Gasteiger partial charge in [-0.3, -0.25) is 9.78 Å². The van der Waals surface area contributed by atoms with Crippen molar-refractivity contribution in [1.82, 2.24) is 20.3 Å². The van der Waals surface area contributed by atoms with Crippen LogP contribution in [0, 0.1) is 11.6 Å². The topological polar surface area (TPSA) is 88.6 Å². The number of likely N-dealkylation sites (tertiary alicyclic amines) is 1. The van der Waals surface area contributed by atoms with Crippen molar-refractivity contribution in [2.75, 3.05) is 31.6 Å². The molecule has 2 aromatic rings. The summed E-state index contributed by atoms with van der Waals surface area (Å²) in [4.78, 5) is 28.1. The lowest BCUT2D eigenvalue weighted by Gasteiger charge is -2.21. The lowest BCUT2D eigenvalue weighted by Crippen LogP contribution is -2.32. The van der Waals surface area contributed by atoms with Gasteiger partial charge in [0.2, 0.25) is 0 Å². The molecular weight excluding hydrogens is 444 g/mol. The first-order chi connectivity index (χ1) is 16.5. The summed E-state index contributed by atoms with van der Waals surface area (Å²) in [6, 6.07) is 4.28. The van der Waals surface area contributed by atoms with Crippen LogP contribution in [0.1, 0.15) is 36.9 Å². The molecule has 2 atom stereocenters. The second-order valence-corrected chi connectivity index (χ2v) is 8.47. The SMILES string of the molecule is O=C(C=Cc1cnc(N[C@@H]2CCN(CCc3ccc(F)c(F)c3)C2)cn1)NOC1CCCCO1. The highest BCUT2D eigenvalue weighted by molar-refractivity contribution is 5.90. The smallest absolute Gasteiger partial charge is 0.267 e. The summed E-state index contributed by atoms with van der Waals surface area (Å²) in [5.41, 5.74) is 3.70.